The van der Waals surface area contributed by atoms with Crippen LogP contribution in [0.2, 0.25) is 0 Å². The number of hydrogen-bond donors (Lipinski definition) is 1. The summed E-state index contributed by atoms with van der Waals surface area (Å²) < 4.78 is 5.54. The fraction of sp³-hybridized carbons (Fsp3) is 0.364. The monoisotopic (exact) mass is 191 g/mol. The molecule has 1 aliphatic rings. The lowest BCUT2D eigenvalue weighted by molar-refractivity contribution is -0.122. The van der Waals surface area contributed by atoms with Gasteiger partial charge >= 0.3 is 0 Å². The number of aryl methyl sites for hydroxylation is 1. The highest BCUT2D eigenvalue weighted by molar-refractivity contribution is 5.97. The predicted molar refractivity (Wildman–Crippen MR) is 54.6 cm³/mol. The molecule has 1 aromatic rings. The van der Waals surface area contributed by atoms with Crippen molar-refractivity contribution >= 4 is 11.6 Å². The number of ether oxygens (including phenoxy) is 1. The van der Waals surface area contributed by atoms with Crippen LogP contribution in [0.5, 0.6) is 5.75 Å². The SMILES string of the molecule is Cc1ccc2c(c1C)OC(C)C(=O)N2. The molecule has 0 saturated carbocycles. The second kappa shape index (κ2) is 3.01. The Hall–Kier alpha value is -1.51. The highest BCUT2D eigenvalue weighted by atomic mass is 16.5. The number of anilines is 1. The molecule has 0 spiro atoms. The van der Waals surface area contributed by atoms with E-state index in [0.29, 0.717) is 0 Å². The number of benzene rings is 1. The van der Waals surface area contributed by atoms with Crippen molar-refractivity contribution in [1.82, 2.24) is 0 Å². The first-order chi connectivity index (χ1) is 6.59. The maximum Gasteiger partial charge on any atom is 0.265 e. The first kappa shape index (κ1) is 9.06. The van der Waals surface area contributed by atoms with Gasteiger partial charge in [0.05, 0.1) is 5.69 Å². The van der Waals surface area contributed by atoms with Crippen molar-refractivity contribution in [3.63, 3.8) is 0 Å². The molecule has 0 fully saturated rings. The molecule has 1 unspecified atom stereocenters. The largest absolute Gasteiger partial charge is 0.478 e. The van der Waals surface area contributed by atoms with Crippen LogP contribution in [0.4, 0.5) is 5.69 Å². The Kier molecular flexibility index (Phi) is 1.95. The van der Waals surface area contributed by atoms with Crippen LogP contribution in [0.1, 0.15) is 18.1 Å². The number of fused-ring (bicyclic) bond motifs is 1. The van der Waals surface area contributed by atoms with Gasteiger partial charge in [0, 0.05) is 0 Å². The van der Waals surface area contributed by atoms with Gasteiger partial charge in [0.1, 0.15) is 5.75 Å². The summed E-state index contributed by atoms with van der Waals surface area (Å²) in [5.74, 6) is 0.720. The Morgan fingerprint density at radius 2 is 2.07 bits per heavy atom. The normalized spacial score (nSPS) is 19.6. The second-order valence-corrected chi connectivity index (χ2v) is 3.63. The Morgan fingerprint density at radius 1 is 1.36 bits per heavy atom. The minimum absolute atomic E-state index is 0.0826. The maximum atomic E-state index is 11.3. The first-order valence-electron chi connectivity index (χ1n) is 4.67. The lowest BCUT2D eigenvalue weighted by Gasteiger charge is -2.25. The van der Waals surface area contributed by atoms with E-state index in [2.05, 4.69) is 5.32 Å². The van der Waals surface area contributed by atoms with Gasteiger partial charge in [-0.2, -0.15) is 0 Å². The van der Waals surface area contributed by atoms with E-state index in [1.54, 1.807) is 6.92 Å². The molecule has 1 aromatic carbocycles. The molecule has 0 aromatic heterocycles. The summed E-state index contributed by atoms with van der Waals surface area (Å²) in [6.45, 7) is 5.78. The maximum absolute atomic E-state index is 11.3. The molecule has 1 amide bonds. The van der Waals surface area contributed by atoms with E-state index >= 15 is 0 Å². The summed E-state index contributed by atoms with van der Waals surface area (Å²) in [5.41, 5.74) is 3.04. The van der Waals surface area contributed by atoms with Gasteiger partial charge in [0.2, 0.25) is 0 Å². The summed E-state index contributed by atoms with van der Waals surface area (Å²) >= 11 is 0. The van der Waals surface area contributed by atoms with Crippen molar-refractivity contribution in [3.8, 4) is 5.75 Å². The summed E-state index contributed by atoms with van der Waals surface area (Å²) in [6, 6.07) is 3.86. The van der Waals surface area contributed by atoms with Crippen LogP contribution in [0, 0.1) is 13.8 Å². The molecule has 1 N–H and O–H groups in total. The number of carbonyl (C=O) groups excluding carboxylic acids is 1. The molecule has 3 nitrogen and oxygen atoms in total. The average Bonchev–Trinajstić information content (AvgIpc) is 2.15. The molecule has 1 aliphatic heterocycles. The van der Waals surface area contributed by atoms with E-state index in [9.17, 15) is 4.79 Å². The Labute approximate surface area is 83.1 Å². The smallest absolute Gasteiger partial charge is 0.265 e. The van der Waals surface area contributed by atoms with Gasteiger partial charge in [0.15, 0.2) is 6.10 Å². The lowest BCUT2D eigenvalue weighted by atomic mass is 10.1. The molecule has 0 saturated heterocycles. The van der Waals surface area contributed by atoms with E-state index < -0.39 is 6.10 Å². The summed E-state index contributed by atoms with van der Waals surface area (Å²) in [5, 5.41) is 2.81. The molecule has 14 heavy (non-hydrogen) atoms. The van der Waals surface area contributed by atoms with Crippen molar-refractivity contribution in [3.05, 3.63) is 23.3 Å². The van der Waals surface area contributed by atoms with Crippen LogP contribution in [0.15, 0.2) is 12.1 Å². The number of amides is 1. The highest BCUT2D eigenvalue weighted by Crippen LogP contribution is 2.34. The first-order valence-corrected chi connectivity index (χ1v) is 4.67. The standard InChI is InChI=1S/C11H13NO2/c1-6-4-5-9-10(7(6)2)14-8(3)11(13)12-9/h4-5,8H,1-3H3,(H,12,13). The second-order valence-electron chi connectivity index (χ2n) is 3.63. The van der Waals surface area contributed by atoms with Crippen LogP contribution in [-0.4, -0.2) is 12.0 Å². The van der Waals surface area contributed by atoms with E-state index in [0.717, 1.165) is 17.0 Å². The van der Waals surface area contributed by atoms with E-state index in [-0.39, 0.29) is 5.91 Å². The third kappa shape index (κ3) is 1.25. The zero-order chi connectivity index (χ0) is 10.3. The van der Waals surface area contributed by atoms with E-state index in [4.69, 9.17) is 4.74 Å². The topological polar surface area (TPSA) is 38.3 Å². The molecule has 1 heterocycles. The fourth-order valence-electron chi connectivity index (χ4n) is 1.51. The minimum atomic E-state index is -0.400. The van der Waals surface area contributed by atoms with Gasteiger partial charge in [-0.1, -0.05) is 6.07 Å². The Bertz CT molecular complexity index is 399. The van der Waals surface area contributed by atoms with Crippen LogP contribution >= 0.6 is 0 Å². The summed E-state index contributed by atoms with van der Waals surface area (Å²) in [4.78, 5) is 11.3. The zero-order valence-electron chi connectivity index (χ0n) is 8.55. The van der Waals surface area contributed by atoms with Crippen LogP contribution in [0.25, 0.3) is 0 Å². The van der Waals surface area contributed by atoms with Crippen molar-refractivity contribution in [1.29, 1.82) is 0 Å². The van der Waals surface area contributed by atoms with Gasteiger partial charge in [-0.3, -0.25) is 4.79 Å². The van der Waals surface area contributed by atoms with Crippen LogP contribution < -0.4 is 10.1 Å². The van der Waals surface area contributed by atoms with Gasteiger partial charge in [-0.25, -0.2) is 0 Å². The molecule has 2 rings (SSSR count). The van der Waals surface area contributed by atoms with Gasteiger partial charge in [-0.05, 0) is 38.0 Å². The van der Waals surface area contributed by atoms with Gasteiger partial charge < -0.3 is 10.1 Å². The van der Waals surface area contributed by atoms with Crippen LogP contribution in [0.3, 0.4) is 0 Å². The fourth-order valence-corrected chi connectivity index (χ4v) is 1.51. The quantitative estimate of drug-likeness (QED) is 0.681. The third-order valence-corrected chi connectivity index (χ3v) is 2.60. The van der Waals surface area contributed by atoms with Crippen LogP contribution in [-0.2, 0) is 4.79 Å². The molecule has 1 atom stereocenters. The zero-order valence-corrected chi connectivity index (χ0v) is 8.55. The third-order valence-electron chi connectivity index (χ3n) is 2.60. The van der Waals surface area contributed by atoms with Gasteiger partial charge in [-0.15, -0.1) is 0 Å². The summed E-state index contributed by atoms with van der Waals surface area (Å²) in [7, 11) is 0. The molecule has 0 aliphatic carbocycles. The number of carbonyl (C=O) groups is 1. The number of nitrogens with one attached hydrogen (secondary N) is 1. The molecule has 3 heteroatoms. The number of hydrogen-bond acceptors (Lipinski definition) is 2. The van der Waals surface area contributed by atoms with Crippen molar-refractivity contribution < 1.29 is 9.53 Å². The predicted octanol–water partition coefficient (Wildman–Crippen LogP) is 2.02. The molecule has 0 bridgehead atoms. The molecule has 74 valence electrons. The minimum Gasteiger partial charge on any atom is -0.478 e. The van der Waals surface area contributed by atoms with Crippen molar-refractivity contribution in [2.45, 2.75) is 26.9 Å². The van der Waals surface area contributed by atoms with E-state index in [1.807, 2.05) is 26.0 Å². The highest BCUT2D eigenvalue weighted by Gasteiger charge is 2.24. The van der Waals surface area contributed by atoms with E-state index in [1.165, 1.54) is 5.56 Å². The van der Waals surface area contributed by atoms with Crippen molar-refractivity contribution in [2.75, 3.05) is 5.32 Å². The average molecular weight is 191 g/mol. The molecular formula is C11H13NO2. The Morgan fingerprint density at radius 3 is 2.79 bits per heavy atom. The summed E-state index contributed by atoms with van der Waals surface area (Å²) in [6.07, 6.45) is -0.400. The van der Waals surface area contributed by atoms with Crippen molar-refractivity contribution in [2.24, 2.45) is 0 Å². The molecule has 0 radical (unpaired) electrons. The molecular weight excluding hydrogens is 178 g/mol. The lowest BCUT2D eigenvalue weighted by Crippen LogP contribution is -2.34. The number of rotatable bonds is 0. The van der Waals surface area contributed by atoms with Gasteiger partial charge in [0.25, 0.3) is 5.91 Å². The Balaban J connectivity index is 2.52.